The molecule has 1 N–H and O–H groups in total. The van der Waals surface area contributed by atoms with E-state index in [9.17, 15) is 14.0 Å². The van der Waals surface area contributed by atoms with Gasteiger partial charge in [0.2, 0.25) is 5.91 Å². The molecule has 1 amide bonds. The van der Waals surface area contributed by atoms with Crippen molar-refractivity contribution in [2.45, 2.75) is 25.6 Å². The van der Waals surface area contributed by atoms with E-state index in [4.69, 9.17) is 11.6 Å². The predicted octanol–water partition coefficient (Wildman–Crippen LogP) is 5.31. The minimum atomic E-state index is -0.370. The molecule has 0 bridgehead atoms. The number of benzene rings is 2. The summed E-state index contributed by atoms with van der Waals surface area (Å²) in [7, 11) is 0. The predicted molar refractivity (Wildman–Crippen MR) is 113 cm³/mol. The summed E-state index contributed by atoms with van der Waals surface area (Å²) in [5.74, 6) is -0.0733. The molecule has 0 aliphatic rings. The maximum absolute atomic E-state index is 13.7. The Morgan fingerprint density at radius 1 is 1.33 bits per heavy atom. The summed E-state index contributed by atoms with van der Waals surface area (Å²) in [6, 6.07) is 10.0. The van der Waals surface area contributed by atoms with Gasteiger partial charge in [0, 0.05) is 28.1 Å². The van der Waals surface area contributed by atoms with Crippen molar-refractivity contribution in [1.29, 1.82) is 0 Å². The van der Waals surface area contributed by atoms with Gasteiger partial charge in [-0.1, -0.05) is 29.0 Å². The van der Waals surface area contributed by atoms with Crippen LogP contribution in [-0.4, -0.2) is 16.2 Å². The van der Waals surface area contributed by atoms with E-state index in [1.165, 1.54) is 17.8 Å². The molecule has 0 radical (unpaired) electrons. The molecule has 0 atom stereocenters. The maximum atomic E-state index is 13.7. The number of hydrogen-bond donors (Lipinski definition) is 1. The highest BCUT2D eigenvalue weighted by Gasteiger charge is 2.12. The number of carbonyl (C=O) groups excluding carboxylic acids is 1. The molecule has 1 aromatic heterocycles. The van der Waals surface area contributed by atoms with Gasteiger partial charge in [-0.15, -0.1) is 11.8 Å². The van der Waals surface area contributed by atoms with Crippen molar-refractivity contribution in [2.24, 2.45) is 0 Å². The van der Waals surface area contributed by atoms with Crippen molar-refractivity contribution in [3.63, 3.8) is 0 Å². The molecule has 8 heteroatoms. The normalized spacial score (nSPS) is 11.3. The van der Waals surface area contributed by atoms with E-state index in [0.29, 0.717) is 22.0 Å². The lowest BCUT2D eigenvalue weighted by Gasteiger charge is -2.09. The van der Waals surface area contributed by atoms with Crippen molar-refractivity contribution in [3.05, 3.63) is 62.5 Å². The second-order valence-electron chi connectivity index (χ2n) is 6.26. The molecule has 3 rings (SSSR count). The highest BCUT2D eigenvalue weighted by Crippen LogP contribution is 2.26. The third-order valence-electron chi connectivity index (χ3n) is 3.95. The van der Waals surface area contributed by atoms with Crippen molar-refractivity contribution >= 4 is 56.5 Å². The minimum absolute atomic E-state index is 0.0131. The maximum Gasteiger partial charge on any atom is 0.308 e. The molecule has 0 spiro atoms. The number of nitrogens with one attached hydrogen (secondary N) is 1. The number of fused-ring (bicyclic) bond motifs is 1. The van der Waals surface area contributed by atoms with Crippen molar-refractivity contribution in [1.82, 2.24) is 4.57 Å². The molecule has 0 aliphatic carbocycles. The molecule has 0 aliphatic heterocycles. The SMILES string of the molecule is CC(C)n1c(=O)sc2cc(NC(=O)CSCc3c(F)cccc3Cl)ccc21. The van der Waals surface area contributed by atoms with Gasteiger partial charge in [0.25, 0.3) is 0 Å². The number of amides is 1. The Bertz CT molecular complexity index is 1030. The molecule has 0 unspecified atom stereocenters. The van der Waals surface area contributed by atoms with E-state index < -0.39 is 0 Å². The highest BCUT2D eigenvalue weighted by atomic mass is 35.5. The van der Waals surface area contributed by atoms with E-state index in [0.717, 1.165) is 21.6 Å². The van der Waals surface area contributed by atoms with Gasteiger partial charge in [-0.2, -0.15) is 0 Å². The van der Waals surface area contributed by atoms with E-state index in [1.807, 2.05) is 19.9 Å². The van der Waals surface area contributed by atoms with Gasteiger partial charge < -0.3 is 5.32 Å². The number of carbonyl (C=O) groups is 1. The zero-order valence-corrected chi connectivity index (χ0v) is 17.2. The minimum Gasteiger partial charge on any atom is -0.325 e. The fraction of sp³-hybridized carbons (Fsp3) is 0.263. The first-order chi connectivity index (χ1) is 12.9. The molecule has 1 heterocycles. The molecule has 142 valence electrons. The number of rotatable bonds is 6. The largest absolute Gasteiger partial charge is 0.325 e. The zero-order valence-electron chi connectivity index (χ0n) is 14.8. The second-order valence-corrected chi connectivity index (χ2v) is 8.64. The van der Waals surface area contributed by atoms with Crippen LogP contribution < -0.4 is 10.2 Å². The molecule has 0 saturated carbocycles. The van der Waals surface area contributed by atoms with Crippen LogP contribution in [0.15, 0.2) is 41.2 Å². The average Bonchev–Trinajstić information content (AvgIpc) is 2.92. The molecule has 2 aromatic carbocycles. The first kappa shape index (κ1) is 19.9. The number of halogens is 2. The van der Waals surface area contributed by atoms with Crippen LogP contribution in [0.4, 0.5) is 10.1 Å². The number of nitrogens with zero attached hydrogens (tertiary/aromatic N) is 1. The molecule has 0 saturated heterocycles. The van der Waals surface area contributed by atoms with E-state index >= 15 is 0 Å². The van der Waals surface area contributed by atoms with Crippen LogP contribution >= 0.6 is 34.7 Å². The first-order valence-corrected chi connectivity index (χ1v) is 10.7. The van der Waals surface area contributed by atoms with Crippen molar-refractivity contribution < 1.29 is 9.18 Å². The standard InChI is InChI=1S/C19H18ClFN2O2S2/c1-11(2)23-16-7-6-12(8-17(16)27-19(23)25)22-18(24)10-26-9-13-14(20)4-3-5-15(13)21/h3-8,11H,9-10H2,1-2H3,(H,22,24). The summed E-state index contributed by atoms with van der Waals surface area (Å²) in [5.41, 5.74) is 1.90. The lowest BCUT2D eigenvalue weighted by molar-refractivity contribution is -0.113. The Labute approximate surface area is 169 Å². The Kier molecular flexibility index (Phi) is 6.24. The number of aromatic nitrogens is 1. The molecule has 0 fully saturated rings. The van der Waals surface area contributed by atoms with Crippen LogP contribution in [-0.2, 0) is 10.5 Å². The van der Waals surface area contributed by atoms with Crippen molar-refractivity contribution in [2.75, 3.05) is 11.1 Å². The zero-order chi connectivity index (χ0) is 19.6. The fourth-order valence-electron chi connectivity index (χ4n) is 2.72. The van der Waals surface area contributed by atoms with Gasteiger partial charge in [0.05, 0.1) is 16.0 Å². The molecule has 3 aromatic rings. The van der Waals surface area contributed by atoms with Gasteiger partial charge in [-0.05, 0) is 44.2 Å². The first-order valence-electron chi connectivity index (χ1n) is 8.32. The van der Waals surface area contributed by atoms with Crippen LogP contribution in [0.25, 0.3) is 10.2 Å². The van der Waals surface area contributed by atoms with Gasteiger partial charge in [-0.3, -0.25) is 14.2 Å². The topological polar surface area (TPSA) is 51.1 Å². The summed E-state index contributed by atoms with van der Waals surface area (Å²) in [5, 5.41) is 3.18. The van der Waals surface area contributed by atoms with Crippen LogP contribution in [0.5, 0.6) is 0 Å². The lowest BCUT2D eigenvalue weighted by atomic mass is 10.2. The van der Waals surface area contributed by atoms with Crippen LogP contribution in [0.2, 0.25) is 5.02 Å². The number of anilines is 1. The van der Waals surface area contributed by atoms with Gasteiger partial charge in [0.15, 0.2) is 0 Å². The monoisotopic (exact) mass is 424 g/mol. The van der Waals surface area contributed by atoms with Crippen molar-refractivity contribution in [3.8, 4) is 0 Å². The quantitative estimate of drug-likeness (QED) is 0.583. The number of hydrogen-bond acceptors (Lipinski definition) is 4. The third kappa shape index (κ3) is 4.54. The summed E-state index contributed by atoms with van der Waals surface area (Å²) in [6.45, 7) is 3.92. The van der Waals surface area contributed by atoms with E-state index in [2.05, 4.69) is 5.32 Å². The number of thioether (sulfide) groups is 1. The van der Waals surface area contributed by atoms with E-state index in [1.54, 1.807) is 28.8 Å². The smallest absolute Gasteiger partial charge is 0.308 e. The van der Waals surface area contributed by atoms with E-state index in [-0.39, 0.29) is 28.4 Å². The lowest BCUT2D eigenvalue weighted by Crippen LogP contribution is -2.15. The van der Waals surface area contributed by atoms with Crippen LogP contribution in [0, 0.1) is 5.82 Å². The average molecular weight is 425 g/mol. The third-order valence-corrected chi connectivity index (χ3v) is 6.19. The summed E-state index contributed by atoms with van der Waals surface area (Å²) in [4.78, 5) is 24.2. The Hall–Kier alpha value is -1.83. The molecule has 4 nitrogen and oxygen atoms in total. The highest BCUT2D eigenvalue weighted by molar-refractivity contribution is 7.99. The summed E-state index contributed by atoms with van der Waals surface area (Å²) >= 11 is 8.44. The number of thiazole rings is 1. The fourth-order valence-corrected chi connectivity index (χ4v) is 4.94. The van der Waals surface area contributed by atoms with Gasteiger partial charge in [-0.25, -0.2) is 4.39 Å². The summed E-state index contributed by atoms with van der Waals surface area (Å²) < 4.78 is 16.3. The van der Waals surface area contributed by atoms with Gasteiger partial charge >= 0.3 is 4.87 Å². The van der Waals surface area contributed by atoms with Crippen LogP contribution in [0.3, 0.4) is 0 Å². The second kappa shape index (κ2) is 8.46. The Balaban J connectivity index is 1.63. The summed E-state index contributed by atoms with van der Waals surface area (Å²) in [6.07, 6.45) is 0. The Morgan fingerprint density at radius 3 is 2.81 bits per heavy atom. The molecular formula is C19H18ClFN2O2S2. The molecular weight excluding hydrogens is 407 g/mol. The van der Waals surface area contributed by atoms with Crippen LogP contribution in [0.1, 0.15) is 25.5 Å². The molecule has 27 heavy (non-hydrogen) atoms. The Morgan fingerprint density at radius 2 is 2.11 bits per heavy atom. The van der Waals surface area contributed by atoms with Gasteiger partial charge in [0.1, 0.15) is 5.82 Å².